The van der Waals surface area contributed by atoms with Crippen LogP contribution in [0, 0.1) is 5.92 Å². The summed E-state index contributed by atoms with van der Waals surface area (Å²) < 4.78 is 39.9. The molecule has 8 rings (SSSR count). The van der Waals surface area contributed by atoms with Crippen molar-refractivity contribution in [3.63, 3.8) is 0 Å². The van der Waals surface area contributed by atoms with Crippen LogP contribution in [0.1, 0.15) is 64.7 Å². The number of ether oxygens (including phenoxy) is 1. The molecule has 1 saturated heterocycles. The fourth-order valence-electron chi connectivity index (χ4n) is 7.37. The lowest BCUT2D eigenvalue weighted by molar-refractivity contribution is -0.140. The van der Waals surface area contributed by atoms with E-state index in [0.717, 1.165) is 36.5 Å². The van der Waals surface area contributed by atoms with Gasteiger partial charge in [0.25, 0.3) is 11.9 Å². The van der Waals surface area contributed by atoms with Gasteiger partial charge in [-0.15, -0.1) is 0 Å². The van der Waals surface area contributed by atoms with Crippen molar-refractivity contribution in [2.75, 3.05) is 11.9 Å². The van der Waals surface area contributed by atoms with Crippen molar-refractivity contribution in [3.05, 3.63) is 72.9 Å². The number of para-hydroxylation sites is 2. The van der Waals surface area contributed by atoms with Gasteiger partial charge < -0.3 is 24.7 Å². The van der Waals surface area contributed by atoms with Gasteiger partial charge in [-0.1, -0.05) is 55.3 Å². The first-order valence-corrected chi connectivity index (χ1v) is 19.5. The van der Waals surface area contributed by atoms with Crippen LogP contribution in [-0.2, 0) is 24.4 Å². The van der Waals surface area contributed by atoms with Crippen molar-refractivity contribution >= 4 is 55.6 Å². The number of pyridine rings is 1. The molecule has 272 valence electrons. The van der Waals surface area contributed by atoms with E-state index in [4.69, 9.17) is 9.15 Å². The monoisotopic (exact) mass is 726 g/mol. The molecule has 0 unspecified atom stereocenters. The Morgan fingerprint density at radius 3 is 2.69 bits per heavy atom. The summed E-state index contributed by atoms with van der Waals surface area (Å²) in [7, 11) is -3.95. The molecule has 4 aromatic rings. The molecule has 14 heteroatoms. The van der Waals surface area contributed by atoms with Crippen molar-refractivity contribution in [1.82, 2.24) is 24.9 Å². The first kappa shape index (κ1) is 34.1. The Hall–Kier alpha value is -4.98. The smallest absolute Gasteiger partial charge is 0.296 e. The second-order valence-electron chi connectivity index (χ2n) is 14.7. The van der Waals surface area contributed by atoms with Crippen molar-refractivity contribution < 1.29 is 32.0 Å². The second kappa shape index (κ2) is 13.2. The number of carbonyl (C=O) groups excluding carboxylic acids is 3. The Kier molecular flexibility index (Phi) is 8.67. The number of aromatic nitrogens is 2. The van der Waals surface area contributed by atoms with Gasteiger partial charge in [-0.05, 0) is 75.1 Å². The van der Waals surface area contributed by atoms with Crippen LogP contribution >= 0.6 is 0 Å². The molecule has 2 saturated carbocycles. The van der Waals surface area contributed by atoms with Gasteiger partial charge in [0.05, 0.1) is 11.3 Å². The molecule has 13 nitrogen and oxygen atoms in total. The molecule has 52 heavy (non-hydrogen) atoms. The van der Waals surface area contributed by atoms with E-state index >= 15 is 0 Å². The minimum absolute atomic E-state index is 0.0861. The molecule has 4 aliphatic rings. The molecule has 0 spiro atoms. The Balaban J connectivity index is 1.11. The fraction of sp³-hybridized carbons (Fsp3) is 0.447. The number of nitrogens with one attached hydrogen (secondary N) is 3. The van der Waals surface area contributed by atoms with Crippen molar-refractivity contribution in [1.29, 1.82) is 0 Å². The van der Waals surface area contributed by atoms with E-state index in [0.29, 0.717) is 36.2 Å². The highest BCUT2D eigenvalue weighted by atomic mass is 32.2. The molecule has 0 bridgehead atoms. The molecule has 3 amide bonds. The average Bonchev–Trinajstić information content (AvgIpc) is 3.94. The van der Waals surface area contributed by atoms with Crippen LogP contribution in [0.25, 0.3) is 21.9 Å². The Morgan fingerprint density at radius 2 is 1.87 bits per heavy atom. The minimum atomic E-state index is -3.95. The van der Waals surface area contributed by atoms with Crippen LogP contribution in [0.15, 0.2) is 77.4 Å². The lowest BCUT2D eigenvalue weighted by atomic mass is 10.0. The van der Waals surface area contributed by atoms with Gasteiger partial charge in [0, 0.05) is 23.9 Å². The predicted octanol–water partition coefficient (Wildman–Crippen LogP) is 4.60. The molecule has 2 aromatic heterocycles. The maximum absolute atomic E-state index is 14.6. The highest BCUT2D eigenvalue weighted by Crippen LogP contribution is 2.47. The van der Waals surface area contributed by atoms with Crippen molar-refractivity contribution in [3.8, 4) is 5.88 Å². The second-order valence-corrected chi connectivity index (χ2v) is 16.9. The summed E-state index contributed by atoms with van der Waals surface area (Å²) in [6.45, 7) is 1.70. The van der Waals surface area contributed by atoms with Gasteiger partial charge in [-0.2, -0.15) is 4.98 Å². The van der Waals surface area contributed by atoms with Gasteiger partial charge in [-0.3, -0.25) is 19.1 Å². The van der Waals surface area contributed by atoms with E-state index in [1.807, 2.05) is 60.7 Å². The molecule has 3 fully saturated rings. The number of carbonyl (C=O) groups is 3. The molecular weight excluding hydrogens is 685 g/mol. The number of amides is 3. The average molecular weight is 727 g/mol. The van der Waals surface area contributed by atoms with E-state index in [2.05, 4.69) is 25.3 Å². The summed E-state index contributed by atoms with van der Waals surface area (Å²) in [5, 5.41) is 7.89. The summed E-state index contributed by atoms with van der Waals surface area (Å²) in [4.78, 5) is 53.4. The first-order chi connectivity index (χ1) is 25.1. The summed E-state index contributed by atoms with van der Waals surface area (Å²) in [6.07, 6.45) is 9.88. The molecule has 2 aliphatic heterocycles. The molecule has 0 radical (unpaired) electrons. The zero-order valence-corrected chi connectivity index (χ0v) is 29.7. The van der Waals surface area contributed by atoms with Crippen molar-refractivity contribution in [2.24, 2.45) is 5.92 Å². The van der Waals surface area contributed by atoms with E-state index < -0.39 is 56.2 Å². The van der Waals surface area contributed by atoms with Gasteiger partial charge in [0.15, 0.2) is 5.58 Å². The highest BCUT2D eigenvalue weighted by molar-refractivity contribution is 7.91. The standard InChI is InChI=1S/C38H42N6O7S/c1-37(18-19-37)52(48,49)43-35(47)38-22-25(38)12-5-3-2-4-6-15-29(41-36-40-28-14-9-10-16-31(28)51-36)34(46)44-23-26(21-30(44)32(45)42-38)50-33-27-13-8-7-11-24(27)17-20-39-33/h5,7-14,16-17,20,25-26,29-30H,2-4,6,15,18-19,21-23H2,1H3,(H,40,41)(H,42,45)(H,43,47)/b12-5-/t25-,26+,29-,30-,38+/m0/s1. The molecule has 2 aromatic carbocycles. The van der Waals surface area contributed by atoms with E-state index in [1.165, 1.54) is 4.90 Å². The summed E-state index contributed by atoms with van der Waals surface area (Å²) in [5.74, 6) is -1.65. The summed E-state index contributed by atoms with van der Waals surface area (Å²) in [6, 6.07) is 15.3. The zero-order valence-electron chi connectivity index (χ0n) is 28.9. The number of fused-ring (bicyclic) bond motifs is 4. The van der Waals surface area contributed by atoms with Crippen LogP contribution in [0.3, 0.4) is 0 Å². The predicted molar refractivity (Wildman–Crippen MR) is 194 cm³/mol. The largest absolute Gasteiger partial charge is 0.472 e. The number of anilines is 1. The van der Waals surface area contributed by atoms with Crippen LogP contribution in [-0.4, -0.2) is 76.0 Å². The SMILES string of the molecule is CC1(S(=O)(=O)NC(=O)[C@@]23C[C@@H]2/C=C\CCCCC[C@H](Nc2nc4ccccc4o2)C(=O)N2C[C@H](Oc4nccc5ccccc45)C[C@H]2C(=O)N3)CC1. The van der Waals surface area contributed by atoms with Crippen molar-refractivity contribution in [2.45, 2.75) is 93.2 Å². The minimum Gasteiger partial charge on any atom is -0.472 e. The normalized spacial score (nSPS) is 28.1. The highest BCUT2D eigenvalue weighted by Gasteiger charge is 2.63. The van der Waals surface area contributed by atoms with E-state index in [1.54, 1.807) is 19.2 Å². The lowest BCUT2D eigenvalue weighted by Crippen LogP contribution is -2.58. The van der Waals surface area contributed by atoms with Crippen LogP contribution in [0.2, 0.25) is 0 Å². The Morgan fingerprint density at radius 1 is 1.06 bits per heavy atom. The molecule has 3 N–H and O–H groups in total. The molecule has 5 atom stereocenters. The fourth-order valence-corrected chi connectivity index (χ4v) is 8.69. The van der Waals surface area contributed by atoms with E-state index in [-0.39, 0.29) is 31.3 Å². The van der Waals surface area contributed by atoms with Crippen LogP contribution in [0.5, 0.6) is 5.88 Å². The Labute approximate surface area is 301 Å². The number of rotatable bonds is 7. The number of benzene rings is 2. The number of sulfonamides is 1. The number of hydrogen-bond donors (Lipinski definition) is 3. The van der Waals surface area contributed by atoms with Crippen LogP contribution < -0.4 is 20.1 Å². The maximum Gasteiger partial charge on any atom is 0.296 e. The Bertz CT molecular complexity index is 2140. The molecular formula is C38H42N6O7S. The van der Waals surface area contributed by atoms with E-state index in [9.17, 15) is 22.8 Å². The maximum atomic E-state index is 14.6. The topological polar surface area (TPSA) is 173 Å². The first-order valence-electron chi connectivity index (χ1n) is 18.0. The van der Waals surface area contributed by atoms with Gasteiger partial charge in [-0.25, -0.2) is 13.4 Å². The summed E-state index contributed by atoms with van der Waals surface area (Å²) in [5.41, 5.74) is -0.237. The third kappa shape index (κ3) is 6.48. The number of oxazole rings is 1. The number of hydrogen-bond acceptors (Lipinski definition) is 10. The quantitative estimate of drug-likeness (QED) is 0.229. The number of allylic oxidation sites excluding steroid dienone is 1. The molecule has 4 heterocycles. The lowest BCUT2D eigenvalue weighted by Gasteiger charge is -2.29. The van der Waals surface area contributed by atoms with Gasteiger partial charge in [0.1, 0.15) is 29.2 Å². The van der Waals surface area contributed by atoms with Crippen LogP contribution in [0.4, 0.5) is 6.01 Å². The zero-order chi connectivity index (χ0) is 36.1. The third-order valence-corrected chi connectivity index (χ3v) is 13.1. The number of nitrogens with zero attached hydrogens (tertiary/aromatic N) is 3. The molecule has 2 aliphatic carbocycles. The van der Waals surface area contributed by atoms with Gasteiger partial charge in [0.2, 0.25) is 27.7 Å². The third-order valence-electron chi connectivity index (χ3n) is 11.0. The summed E-state index contributed by atoms with van der Waals surface area (Å²) >= 11 is 0. The van der Waals surface area contributed by atoms with Gasteiger partial charge >= 0.3 is 0 Å².